The lowest BCUT2D eigenvalue weighted by Gasteiger charge is -2.34. The lowest BCUT2D eigenvalue weighted by atomic mass is 9.67. The SMILES string of the molecule is Cc1cc(C)cc(COc2ccc(C3(c4ccc(OCc5cc(C)cc(C)c5)cc4)c4cc(N)ccc4-c4ccc(N)cc43)cc2)c1. The first kappa shape index (κ1) is 30.2. The molecule has 0 aromatic heterocycles. The standard InChI is InChI=1S/C43H40N2O2/c1-27-17-28(2)20-31(19-27)25-46-37-11-5-33(6-12-37)43(41-23-35(44)9-15-39(41)40-16-10-36(45)24-42(40)43)34-7-13-38(14-8-34)47-26-32-21-29(3)18-30(4)22-32/h5-24H,25-26,44-45H2,1-4H3. The molecule has 0 heterocycles. The van der Waals surface area contributed by atoms with Gasteiger partial charge >= 0.3 is 0 Å². The maximum atomic E-state index is 6.49. The Balaban J connectivity index is 1.29. The van der Waals surface area contributed by atoms with Crippen LogP contribution in [0.15, 0.2) is 121 Å². The van der Waals surface area contributed by atoms with Crippen molar-refractivity contribution in [1.82, 2.24) is 0 Å². The monoisotopic (exact) mass is 616 g/mol. The highest BCUT2D eigenvalue weighted by atomic mass is 16.5. The predicted molar refractivity (Wildman–Crippen MR) is 193 cm³/mol. The fourth-order valence-corrected chi connectivity index (χ4v) is 7.39. The number of benzene rings is 6. The van der Waals surface area contributed by atoms with Crippen molar-refractivity contribution in [2.75, 3.05) is 11.5 Å². The number of ether oxygens (including phenoxy) is 2. The van der Waals surface area contributed by atoms with Gasteiger partial charge in [-0.2, -0.15) is 0 Å². The van der Waals surface area contributed by atoms with Crippen LogP contribution in [0.3, 0.4) is 0 Å². The third-order valence-electron chi connectivity index (χ3n) is 9.13. The fraction of sp³-hybridized carbons (Fsp3) is 0.163. The topological polar surface area (TPSA) is 70.5 Å². The summed E-state index contributed by atoms with van der Waals surface area (Å²) in [6.45, 7) is 9.48. The summed E-state index contributed by atoms with van der Waals surface area (Å²) in [5.74, 6) is 1.63. The summed E-state index contributed by atoms with van der Waals surface area (Å²) in [5, 5.41) is 0. The van der Waals surface area contributed by atoms with Gasteiger partial charge in [-0.1, -0.05) is 95.1 Å². The molecular weight excluding hydrogens is 576 g/mol. The third kappa shape index (κ3) is 5.72. The van der Waals surface area contributed by atoms with Gasteiger partial charge in [0.15, 0.2) is 0 Å². The van der Waals surface area contributed by atoms with Crippen LogP contribution in [0.25, 0.3) is 11.1 Å². The van der Waals surface area contributed by atoms with Crippen LogP contribution in [0, 0.1) is 27.7 Å². The second-order valence-corrected chi connectivity index (χ2v) is 13.0. The van der Waals surface area contributed by atoms with E-state index in [4.69, 9.17) is 20.9 Å². The van der Waals surface area contributed by atoms with Crippen molar-refractivity contribution in [3.63, 3.8) is 0 Å². The number of aryl methyl sites for hydroxylation is 4. The minimum atomic E-state index is -0.645. The number of nitrogen functional groups attached to an aromatic ring is 2. The van der Waals surface area contributed by atoms with Crippen LogP contribution in [0.4, 0.5) is 11.4 Å². The lowest BCUT2D eigenvalue weighted by molar-refractivity contribution is 0.306. The molecule has 0 bridgehead atoms. The minimum Gasteiger partial charge on any atom is -0.489 e. The summed E-state index contributed by atoms with van der Waals surface area (Å²) in [7, 11) is 0. The Morgan fingerprint density at radius 1 is 0.447 bits per heavy atom. The molecule has 0 unspecified atom stereocenters. The molecule has 6 aromatic rings. The predicted octanol–water partition coefficient (Wildman–Crippen LogP) is 9.61. The summed E-state index contributed by atoms with van der Waals surface area (Å²) in [6, 6.07) is 42.4. The van der Waals surface area contributed by atoms with E-state index in [-0.39, 0.29) is 0 Å². The first-order valence-corrected chi connectivity index (χ1v) is 16.1. The molecule has 0 spiro atoms. The Morgan fingerprint density at radius 3 is 1.17 bits per heavy atom. The zero-order chi connectivity index (χ0) is 32.7. The second-order valence-electron chi connectivity index (χ2n) is 13.0. The lowest BCUT2D eigenvalue weighted by Crippen LogP contribution is -2.28. The van der Waals surface area contributed by atoms with E-state index in [1.54, 1.807) is 0 Å². The van der Waals surface area contributed by atoms with Crippen molar-refractivity contribution in [2.45, 2.75) is 46.3 Å². The Bertz CT molecular complexity index is 1900. The van der Waals surface area contributed by atoms with E-state index in [0.717, 1.165) is 67.4 Å². The summed E-state index contributed by atoms with van der Waals surface area (Å²) in [6.07, 6.45) is 0. The first-order chi connectivity index (χ1) is 22.7. The Labute approximate surface area is 277 Å². The van der Waals surface area contributed by atoms with Crippen LogP contribution in [0.5, 0.6) is 11.5 Å². The third-order valence-corrected chi connectivity index (χ3v) is 9.13. The van der Waals surface area contributed by atoms with Crippen LogP contribution >= 0.6 is 0 Å². The van der Waals surface area contributed by atoms with Crippen LogP contribution < -0.4 is 20.9 Å². The van der Waals surface area contributed by atoms with Crippen LogP contribution in [0.1, 0.15) is 55.6 Å². The number of hydrogen-bond acceptors (Lipinski definition) is 4. The molecule has 4 heteroatoms. The molecule has 1 aliphatic rings. The molecule has 1 aliphatic carbocycles. The van der Waals surface area contributed by atoms with E-state index >= 15 is 0 Å². The van der Waals surface area contributed by atoms with E-state index in [1.807, 2.05) is 12.1 Å². The summed E-state index contributed by atoms with van der Waals surface area (Å²) in [4.78, 5) is 0. The largest absolute Gasteiger partial charge is 0.489 e. The second kappa shape index (κ2) is 12.0. The van der Waals surface area contributed by atoms with E-state index in [1.165, 1.54) is 22.3 Å². The van der Waals surface area contributed by atoms with Crippen molar-refractivity contribution >= 4 is 11.4 Å². The number of rotatable bonds is 8. The van der Waals surface area contributed by atoms with Gasteiger partial charge in [0.25, 0.3) is 0 Å². The average molecular weight is 617 g/mol. The molecule has 7 rings (SSSR count). The molecule has 0 saturated carbocycles. The Kier molecular flexibility index (Phi) is 7.73. The van der Waals surface area contributed by atoms with Gasteiger partial charge in [-0.15, -0.1) is 0 Å². The smallest absolute Gasteiger partial charge is 0.119 e. The molecule has 0 amide bonds. The highest BCUT2D eigenvalue weighted by Crippen LogP contribution is 2.57. The molecule has 0 aliphatic heterocycles. The molecule has 0 radical (unpaired) electrons. The average Bonchev–Trinajstić information content (AvgIpc) is 3.31. The summed E-state index contributed by atoms with van der Waals surface area (Å²) < 4.78 is 12.5. The van der Waals surface area contributed by atoms with Crippen LogP contribution in [-0.2, 0) is 18.6 Å². The summed E-state index contributed by atoms with van der Waals surface area (Å²) >= 11 is 0. The van der Waals surface area contributed by atoms with Crippen LogP contribution in [-0.4, -0.2) is 0 Å². The van der Waals surface area contributed by atoms with Crippen molar-refractivity contribution in [3.05, 3.63) is 177 Å². The molecule has 47 heavy (non-hydrogen) atoms. The van der Waals surface area contributed by atoms with Gasteiger partial charge in [-0.25, -0.2) is 0 Å². The number of fused-ring (bicyclic) bond motifs is 3. The number of hydrogen-bond donors (Lipinski definition) is 2. The zero-order valence-electron chi connectivity index (χ0n) is 27.4. The van der Waals surface area contributed by atoms with Gasteiger partial charge in [0.2, 0.25) is 0 Å². The van der Waals surface area contributed by atoms with Gasteiger partial charge in [0.1, 0.15) is 24.7 Å². The highest BCUT2D eigenvalue weighted by molar-refractivity contribution is 5.88. The number of nitrogens with two attached hydrogens (primary N) is 2. The Morgan fingerprint density at radius 2 is 0.809 bits per heavy atom. The minimum absolute atomic E-state index is 0.509. The quantitative estimate of drug-likeness (QED) is 0.167. The van der Waals surface area contributed by atoms with Gasteiger partial charge in [-0.3, -0.25) is 0 Å². The fourth-order valence-electron chi connectivity index (χ4n) is 7.39. The van der Waals surface area contributed by atoms with Crippen molar-refractivity contribution in [2.24, 2.45) is 0 Å². The highest BCUT2D eigenvalue weighted by Gasteiger charge is 2.46. The van der Waals surface area contributed by atoms with Gasteiger partial charge in [-0.05, 0) is 121 Å². The van der Waals surface area contributed by atoms with Crippen molar-refractivity contribution in [3.8, 4) is 22.6 Å². The van der Waals surface area contributed by atoms with Crippen LogP contribution in [0.2, 0.25) is 0 Å². The van der Waals surface area contributed by atoms with Gasteiger partial charge in [0.05, 0.1) is 5.41 Å². The van der Waals surface area contributed by atoms with E-state index in [9.17, 15) is 0 Å². The van der Waals surface area contributed by atoms with Gasteiger partial charge < -0.3 is 20.9 Å². The molecular formula is C43H40N2O2. The van der Waals surface area contributed by atoms with Crippen molar-refractivity contribution in [1.29, 1.82) is 0 Å². The number of anilines is 2. The van der Waals surface area contributed by atoms with Gasteiger partial charge in [0, 0.05) is 11.4 Å². The maximum absolute atomic E-state index is 6.49. The molecule has 4 N–H and O–H groups in total. The molecule has 6 aromatic carbocycles. The van der Waals surface area contributed by atoms with E-state index in [2.05, 4.69) is 137 Å². The molecule has 4 nitrogen and oxygen atoms in total. The molecule has 0 saturated heterocycles. The molecule has 0 fully saturated rings. The molecule has 0 atom stereocenters. The zero-order valence-corrected chi connectivity index (χ0v) is 27.4. The summed E-state index contributed by atoms with van der Waals surface area (Å²) in [5.41, 5.74) is 27.8. The maximum Gasteiger partial charge on any atom is 0.119 e. The van der Waals surface area contributed by atoms with Crippen molar-refractivity contribution < 1.29 is 9.47 Å². The first-order valence-electron chi connectivity index (χ1n) is 16.1. The molecule has 234 valence electrons. The van der Waals surface area contributed by atoms with E-state index < -0.39 is 5.41 Å². The van der Waals surface area contributed by atoms with E-state index in [0.29, 0.717) is 13.2 Å². The normalized spacial score (nSPS) is 12.8. The Hall–Kier alpha value is -5.48.